The van der Waals surface area contributed by atoms with E-state index < -0.39 is 0 Å². The van der Waals surface area contributed by atoms with Crippen molar-refractivity contribution in [2.75, 3.05) is 0 Å². The van der Waals surface area contributed by atoms with Crippen LogP contribution < -0.4 is 10.6 Å². The third kappa shape index (κ3) is 1.42. The lowest BCUT2D eigenvalue weighted by Crippen LogP contribution is -2.26. The van der Waals surface area contributed by atoms with Crippen molar-refractivity contribution in [1.82, 2.24) is 4.98 Å². The first kappa shape index (κ1) is 11.2. The molecule has 1 aliphatic carbocycles. The Hall–Kier alpha value is -2.61. The lowest BCUT2D eigenvalue weighted by molar-refractivity contribution is -0.112. The van der Waals surface area contributed by atoms with Crippen molar-refractivity contribution in [3.63, 3.8) is 0 Å². The number of Topliss-reactive ketones (excluding diaryl/α,β-unsaturated/α-hetero) is 1. The molecular weight excluding hydrogens is 246 g/mol. The summed E-state index contributed by atoms with van der Waals surface area (Å²) in [5.41, 5.74) is 3.94. The van der Waals surface area contributed by atoms with E-state index >= 15 is 0 Å². The smallest absolute Gasteiger partial charge is 0.169 e. The summed E-state index contributed by atoms with van der Waals surface area (Å²) < 4.78 is 0. The molecular formula is C18H13NO. The van der Waals surface area contributed by atoms with Crippen molar-refractivity contribution in [1.29, 1.82) is 0 Å². The number of para-hydroxylation sites is 1. The number of H-pyrrole nitrogens is 1. The lowest BCUT2D eigenvalue weighted by Gasteiger charge is -1.97. The molecule has 4 rings (SSSR count). The highest BCUT2D eigenvalue weighted by Gasteiger charge is 2.25. The highest BCUT2D eigenvalue weighted by molar-refractivity contribution is 6.25. The zero-order valence-corrected chi connectivity index (χ0v) is 10.9. The lowest BCUT2D eigenvalue weighted by atomic mass is 10.1. The van der Waals surface area contributed by atoms with Crippen LogP contribution in [0.5, 0.6) is 0 Å². The van der Waals surface area contributed by atoms with Crippen molar-refractivity contribution >= 4 is 28.8 Å². The van der Waals surface area contributed by atoms with Crippen LogP contribution in [-0.4, -0.2) is 10.8 Å². The van der Waals surface area contributed by atoms with Crippen LogP contribution >= 0.6 is 0 Å². The van der Waals surface area contributed by atoms with E-state index in [2.05, 4.69) is 11.6 Å². The third-order valence-corrected chi connectivity index (χ3v) is 3.98. The molecule has 96 valence electrons. The summed E-state index contributed by atoms with van der Waals surface area (Å²) in [6, 6.07) is 16.0. The zero-order chi connectivity index (χ0) is 13.7. The number of hydrogen-bond acceptors (Lipinski definition) is 1. The van der Waals surface area contributed by atoms with E-state index in [-0.39, 0.29) is 5.78 Å². The molecule has 1 N–H and O–H groups in total. The van der Waals surface area contributed by atoms with Gasteiger partial charge in [0, 0.05) is 28.1 Å². The molecule has 0 unspecified atom stereocenters. The monoisotopic (exact) mass is 259 g/mol. The maximum atomic E-state index is 12.4. The van der Waals surface area contributed by atoms with Gasteiger partial charge in [0.15, 0.2) is 5.78 Å². The van der Waals surface area contributed by atoms with Gasteiger partial charge in [-0.3, -0.25) is 4.79 Å². The standard InChI is InChI=1S/C18H13NO/c1-11-13-7-4-5-9-15(13)19-18(11)17-14-8-3-2-6-12(14)10-16(17)20/h2-9,19H,1,10H2/b18-17-. The normalized spacial score (nSPS) is 16.7. The number of aromatic nitrogens is 1. The Bertz CT molecular complexity index is 962. The molecule has 1 aromatic heterocycles. The van der Waals surface area contributed by atoms with E-state index in [0.717, 1.165) is 38.2 Å². The Morgan fingerprint density at radius 1 is 1.00 bits per heavy atom. The van der Waals surface area contributed by atoms with Crippen molar-refractivity contribution in [3.8, 4) is 0 Å². The fourth-order valence-electron chi connectivity index (χ4n) is 3.02. The van der Waals surface area contributed by atoms with Gasteiger partial charge in [-0.2, -0.15) is 0 Å². The average Bonchev–Trinajstić information content (AvgIpc) is 2.96. The molecule has 0 fully saturated rings. The zero-order valence-electron chi connectivity index (χ0n) is 10.9. The van der Waals surface area contributed by atoms with Crippen molar-refractivity contribution in [2.45, 2.75) is 6.42 Å². The SMILES string of the molecule is C=c1/c(=C2/C(=O)Cc3ccccc32)[nH]c2ccccc12. The van der Waals surface area contributed by atoms with Crippen LogP contribution in [0, 0.1) is 0 Å². The molecule has 2 aromatic carbocycles. The predicted octanol–water partition coefficient (Wildman–Crippen LogP) is 1.90. The average molecular weight is 259 g/mol. The summed E-state index contributed by atoms with van der Waals surface area (Å²) in [6.07, 6.45) is 0.486. The maximum Gasteiger partial charge on any atom is 0.169 e. The van der Waals surface area contributed by atoms with Crippen LogP contribution in [0.3, 0.4) is 0 Å². The summed E-state index contributed by atoms with van der Waals surface area (Å²) >= 11 is 0. The molecule has 0 spiro atoms. The Morgan fingerprint density at radius 2 is 1.75 bits per heavy atom. The molecule has 0 aliphatic heterocycles. The van der Waals surface area contributed by atoms with E-state index in [9.17, 15) is 4.79 Å². The van der Waals surface area contributed by atoms with Crippen LogP contribution in [0.15, 0.2) is 48.5 Å². The minimum absolute atomic E-state index is 0.169. The highest BCUT2D eigenvalue weighted by atomic mass is 16.1. The molecule has 2 heteroatoms. The van der Waals surface area contributed by atoms with E-state index in [1.165, 1.54) is 0 Å². The molecule has 0 radical (unpaired) electrons. The molecule has 1 heterocycles. The largest absolute Gasteiger partial charge is 0.354 e. The fourth-order valence-corrected chi connectivity index (χ4v) is 3.02. The number of aromatic amines is 1. The van der Waals surface area contributed by atoms with Gasteiger partial charge in [-0.15, -0.1) is 0 Å². The second-order valence-corrected chi connectivity index (χ2v) is 5.16. The molecule has 0 saturated carbocycles. The van der Waals surface area contributed by atoms with Crippen LogP contribution in [0.2, 0.25) is 0 Å². The summed E-state index contributed by atoms with van der Waals surface area (Å²) in [5, 5.41) is 2.84. The van der Waals surface area contributed by atoms with Gasteiger partial charge >= 0.3 is 0 Å². The van der Waals surface area contributed by atoms with Gasteiger partial charge < -0.3 is 4.98 Å². The Morgan fingerprint density at radius 3 is 2.60 bits per heavy atom. The summed E-state index contributed by atoms with van der Waals surface area (Å²) in [5.74, 6) is 0.169. The number of carbonyl (C=O) groups is 1. The molecule has 0 atom stereocenters. The number of ketones is 1. The quantitative estimate of drug-likeness (QED) is 0.657. The summed E-state index contributed by atoms with van der Waals surface area (Å²) in [4.78, 5) is 15.7. The Labute approximate surface area is 116 Å². The topological polar surface area (TPSA) is 32.9 Å². The molecule has 0 amide bonds. The van der Waals surface area contributed by atoms with Crippen molar-refractivity contribution in [2.24, 2.45) is 0 Å². The maximum absolute atomic E-state index is 12.4. The third-order valence-electron chi connectivity index (χ3n) is 3.98. The van der Waals surface area contributed by atoms with Crippen molar-refractivity contribution < 1.29 is 4.79 Å². The van der Waals surface area contributed by atoms with Crippen LogP contribution in [-0.2, 0) is 11.2 Å². The van der Waals surface area contributed by atoms with E-state index in [4.69, 9.17) is 0 Å². The first-order chi connectivity index (χ1) is 9.75. The van der Waals surface area contributed by atoms with E-state index in [1.54, 1.807) is 0 Å². The first-order valence-electron chi connectivity index (χ1n) is 6.67. The van der Waals surface area contributed by atoms with Gasteiger partial charge in [0.05, 0.1) is 5.35 Å². The van der Waals surface area contributed by atoms with Crippen LogP contribution in [0.25, 0.3) is 23.1 Å². The number of rotatable bonds is 0. The number of benzene rings is 2. The summed E-state index contributed by atoms with van der Waals surface area (Å²) in [6.45, 7) is 4.16. The Balaban J connectivity index is 2.19. The second kappa shape index (κ2) is 3.94. The predicted molar refractivity (Wildman–Crippen MR) is 80.7 cm³/mol. The van der Waals surface area contributed by atoms with Crippen LogP contribution in [0.4, 0.5) is 0 Å². The number of fused-ring (bicyclic) bond motifs is 2. The summed E-state index contributed by atoms with van der Waals surface area (Å²) in [7, 11) is 0. The minimum atomic E-state index is 0.169. The fraction of sp³-hybridized carbons (Fsp3) is 0.0556. The number of carbonyl (C=O) groups excluding carboxylic acids is 1. The molecule has 0 saturated heterocycles. The van der Waals surface area contributed by atoms with Crippen molar-refractivity contribution in [3.05, 3.63) is 70.2 Å². The van der Waals surface area contributed by atoms with E-state index in [0.29, 0.717) is 6.42 Å². The number of hydrogen-bond donors (Lipinski definition) is 1. The van der Waals surface area contributed by atoms with Gasteiger partial charge in [-0.1, -0.05) is 49.0 Å². The number of nitrogens with one attached hydrogen (secondary N) is 1. The van der Waals surface area contributed by atoms with E-state index in [1.807, 2.05) is 48.5 Å². The molecule has 0 bridgehead atoms. The first-order valence-corrected chi connectivity index (χ1v) is 6.67. The molecule has 20 heavy (non-hydrogen) atoms. The molecule has 2 nitrogen and oxygen atoms in total. The molecule has 3 aromatic rings. The minimum Gasteiger partial charge on any atom is -0.354 e. The van der Waals surface area contributed by atoms with Gasteiger partial charge in [0.25, 0.3) is 0 Å². The highest BCUT2D eigenvalue weighted by Crippen LogP contribution is 2.26. The van der Waals surface area contributed by atoms with Gasteiger partial charge in [-0.05, 0) is 17.2 Å². The van der Waals surface area contributed by atoms with Gasteiger partial charge in [0.2, 0.25) is 0 Å². The Kier molecular flexibility index (Phi) is 2.21. The second-order valence-electron chi connectivity index (χ2n) is 5.16. The van der Waals surface area contributed by atoms with Crippen LogP contribution in [0.1, 0.15) is 11.1 Å². The van der Waals surface area contributed by atoms with Gasteiger partial charge in [-0.25, -0.2) is 0 Å². The molecule has 1 aliphatic rings. The van der Waals surface area contributed by atoms with Gasteiger partial charge in [0.1, 0.15) is 0 Å².